The molecule has 1 aromatic heterocycles. The summed E-state index contributed by atoms with van der Waals surface area (Å²) < 4.78 is 2.52. The number of fused-ring (bicyclic) bond motifs is 6. The fraction of sp³-hybridized carbons (Fsp3) is 0.193. The molecule has 0 fully saturated rings. The van der Waals surface area contributed by atoms with Crippen molar-refractivity contribution in [3.63, 3.8) is 0 Å². The lowest BCUT2D eigenvalue weighted by Crippen LogP contribution is -2.16. The second-order valence-electron chi connectivity index (χ2n) is 17.5. The van der Waals surface area contributed by atoms with E-state index in [0.717, 1.165) is 24.2 Å². The minimum absolute atomic E-state index is 0.0874. The van der Waals surface area contributed by atoms with Crippen molar-refractivity contribution in [3.05, 3.63) is 196 Å². The Morgan fingerprint density at radius 3 is 1.75 bits per heavy atom. The van der Waals surface area contributed by atoms with Crippen molar-refractivity contribution in [2.75, 3.05) is 4.90 Å². The van der Waals surface area contributed by atoms with E-state index in [2.05, 4.69) is 210 Å². The van der Waals surface area contributed by atoms with Gasteiger partial charge in [-0.1, -0.05) is 104 Å². The SMILES string of the molecule is Cc1ccc2c(c1)c1cc(-c3ccc(N(c4ccc(C5=CCCC=C5)cc4)c4ccc5c(c4)C(C)(C)c4ccccc4-5)cc3)ccc1n2-c1c(C)c(C)c(C)c(C)c1C. The van der Waals surface area contributed by atoms with E-state index in [1.165, 1.54) is 111 Å². The van der Waals surface area contributed by atoms with Crippen LogP contribution in [0.15, 0.2) is 146 Å². The molecular formula is C57H52N2. The maximum atomic E-state index is 2.52. The molecule has 0 amide bonds. The van der Waals surface area contributed by atoms with Crippen LogP contribution in [-0.2, 0) is 5.41 Å². The molecule has 2 aliphatic carbocycles. The summed E-state index contributed by atoms with van der Waals surface area (Å²) in [7, 11) is 0. The van der Waals surface area contributed by atoms with Crippen LogP contribution in [0.25, 0.3) is 55.3 Å². The third-order valence-corrected chi connectivity index (χ3v) is 13.8. The number of benzene rings is 7. The highest BCUT2D eigenvalue weighted by molar-refractivity contribution is 6.11. The number of rotatable bonds is 6. The van der Waals surface area contributed by atoms with Crippen molar-refractivity contribution >= 4 is 44.4 Å². The minimum Gasteiger partial charge on any atom is -0.310 e. The largest absolute Gasteiger partial charge is 0.310 e. The van der Waals surface area contributed by atoms with Crippen LogP contribution in [0.4, 0.5) is 17.1 Å². The van der Waals surface area contributed by atoms with Crippen LogP contribution in [0.1, 0.15) is 76.8 Å². The van der Waals surface area contributed by atoms with E-state index < -0.39 is 0 Å². The number of aryl methyl sites for hydroxylation is 1. The van der Waals surface area contributed by atoms with Crippen molar-refractivity contribution in [1.29, 1.82) is 0 Å². The van der Waals surface area contributed by atoms with E-state index in [1.807, 2.05) is 0 Å². The summed E-state index contributed by atoms with van der Waals surface area (Å²) in [6.45, 7) is 18.3. The Balaban J connectivity index is 1.08. The molecule has 59 heavy (non-hydrogen) atoms. The van der Waals surface area contributed by atoms with Gasteiger partial charge in [-0.2, -0.15) is 0 Å². The highest BCUT2D eigenvalue weighted by Crippen LogP contribution is 2.51. The molecule has 2 heteroatoms. The van der Waals surface area contributed by atoms with Crippen molar-refractivity contribution in [3.8, 4) is 27.9 Å². The van der Waals surface area contributed by atoms with Crippen LogP contribution in [0.2, 0.25) is 0 Å². The van der Waals surface area contributed by atoms with Crippen LogP contribution < -0.4 is 4.90 Å². The van der Waals surface area contributed by atoms with Crippen LogP contribution in [0, 0.1) is 41.5 Å². The van der Waals surface area contributed by atoms with E-state index in [4.69, 9.17) is 0 Å². The Morgan fingerprint density at radius 2 is 1.07 bits per heavy atom. The Labute approximate surface area is 349 Å². The maximum Gasteiger partial charge on any atom is 0.0541 e. The van der Waals surface area contributed by atoms with E-state index >= 15 is 0 Å². The number of aromatic nitrogens is 1. The van der Waals surface area contributed by atoms with Gasteiger partial charge in [0.15, 0.2) is 0 Å². The Bertz CT molecular complexity index is 3030. The molecule has 290 valence electrons. The number of allylic oxidation sites excluding steroid dienone is 4. The molecule has 0 bridgehead atoms. The lowest BCUT2D eigenvalue weighted by atomic mass is 9.82. The average Bonchev–Trinajstić information content (AvgIpc) is 3.70. The topological polar surface area (TPSA) is 8.17 Å². The predicted octanol–water partition coefficient (Wildman–Crippen LogP) is 15.8. The zero-order valence-electron chi connectivity index (χ0n) is 35.7. The normalized spacial score (nSPS) is 14.1. The first kappa shape index (κ1) is 36.9. The van der Waals surface area contributed by atoms with Crippen molar-refractivity contribution < 1.29 is 0 Å². The van der Waals surface area contributed by atoms with Crippen LogP contribution in [0.5, 0.6) is 0 Å². The van der Waals surface area contributed by atoms with Crippen LogP contribution in [0.3, 0.4) is 0 Å². The van der Waals surface area contributed by atoms with Crippen molar-refractivity contribution in [2.24, 2.45) is 0 Å². The lowest BCUT2D eigenvalue weighted by molar-refractivity contribution is 0.660. The molecule has 8 aromatic rings. The minimum atomic E-state index is -0.0874. The quantitative estimate of drug-likeness (QED) is 0.164. The first-order valence-corrected chi connectivity index (χ1v) is 21.3. The summed E-state index contributed by atoms with van der Waals surface area (Å²) in [5, 5.41) is 2.58. The van der Waals surface area contributed by atoms with Gasteiger partial charge in [0, 0.05) is 33.2 Å². The van der Waals surface area contributed by atoms with Crippen molar-refractivity contribution in [1.82, 2.24) is 4.57 Å². The van der Waals surface area contributed by atoms with Gasteiger partial charge in [-0.3, -0.25) is 0 Å². The van der Waals surface area contributed by atoms with E-state index in [1.54, 1.807) is 0 Å². The number of nitrogens with zero attached hydrogens (tertiary/aromatic N) is 2. The molecule has 0 saturated carbocycles. The number of anilines is 3. The standard InChI is InChI=1S/C57H52N2/c1-35-18-30-54-50(32-35)51-33-44(23-31-55(51)59(54)56-39(5)37(3)36(2)38(4)40(56)6)43-21-26-46(27-22-43)58(45-24-19-42(20-25-45)41-14-10-9-11-15-41)47-28-29-49-48-16-12-13-17-52(48)57(7,8)53(49)34-47/h10,12-34H,9,11H2,1-8H3. The molecule has 0 saturated heterocycles. The summed E-state index contributed by atoms with van der Waals surface area (Å²) in [4.78, 5) is 2.42. The zero-order chi connectivity index (χ0) is 40.7. The lowest BCUT2D eigenvalue weighted by Gasteiger charge is -2.28. The highest BCUT2D eigenvalue weighted by atomic mass is 15.1. The zero-order valence-corrected chi connectivity index (χ0v) is 35.7. The Morgan fingerprint density at radius 1 is 0.492 bits per heavy atom. The molecule has 2 aliphatic rings. The molecule has 0 unspecified atom stereocenters. The van der Waals surface area contributed by atoms with Crippen LogP contribution >= 0.6 is 0 Å². The fourth-order valence-electron chi connectivity index (χ4n) is 10.1. The van der Waals surface area contributed by atoms with Gasteiger partial charge in [0.05, 0.1) is 16.7 Å². The molecule has 0 spiro atoms. The van der Waals surface area contributed by atoms with Gasteiger partial charge in [0.2, 0.25) is 0 Å². The van der Waals surface area contributed by atoms with Gasteiger partial charge in [0.1, 0.15) is 0 Å². The van der Waals surface area contributed by atoms with Gasteiger partial charge in [-0.25, -0.2) is 0 Å². The third kappa shape index (κ3) is 5.83. The molecule has 0 radical (unpaired) electrons. The molecule has 0 atom stereocenters. The first-order chi connectivity index (χ1) is 28.5. The van der Waals surface area contributed by atoms with E-state index in [0.29, 0.717) is 0 Å². The Hall–Kier alpha value is -6.38. The molecule has 10 rings (SSSR count). The fourth-order valence-corrected chi connectivity index (χ4v) is 10.1. The van der Waals surface area contributed by atoms with Crippen molar-refractivity contribution in [2.45, 2.75) is 73.6 Å². The average molecular weight is 765 g/mol. The van der Waals surface area contributed by atoms with Gasteiger partial charge < -0.3 is 9.47 Å². The summed E-state index contributed by atoms with van der Waals surface area (Å²) >= 11 is 0. The van der Waals surface area contributed by atoms with Gasteiger partial charge in [0.25, 0.3) is 0 Å². The summed E-state index contributed by atoms with van der Waals surface area (Å²) in [6, 6.07) is 48.3. The smallest absolute Gasteiger partial charge is 0.0541 e. The molecule has 7 aromatic carbocycles. The third-order valence-electron chi connectivity index (χ3n) is 13.8. The monoisotopic (exact) mass is 764 g/mol. The molecule has 0 aliphatic heterocycles. The van der Waals surface area contributed by atoms with Gasteiger partial charge in [-0.15, -0.1) is 0 Å². The van der Waals surface area contributed by atoms with E-state index in [9.17, 15) is 0 Å². The predicted molar refractivity (Wildman–Crippen MR) is 253 cm³/mol. The number of hydrogen-bond donors (Lipinski definition) is 0. The highest BCUT2D eigenvalue weighted by Gasteiger charge is 2.35. The molecule has 1 heterocycles. The van der Waals surface area contributed by atoms with Gasteiger partial charge >= 0.3 is 0 Å². The summed E-state index contributed by atoms with van der Waals surface area (Å²) in [5.41, 5.74) is 25.7. The number of hydrogen-bond acceptors (Lipinski definition) is 1. The Kier molecular flexibility index (Phi) is 8.69. The summed E-state index contributed by atoms with van der Waals surface area (Å²) in [6.07, 6.45) is 9.12. The maximum absolute atomic E-state index is 2.52. The van der Waals surface area contributed by atoms with Gasteiger partial charge in [-0.05, 0) is 187 Å². The summed E-state index contributed by atoms with van der Waals surface area (Å²) in [5.74, 6) is 0. The molecular weight excluding hydrogens is 713 g/mol. The van der Waals surface area contributed by atoms with E-state index in [-0.39, 0.29) is 5.41 Å². The molecule has 2 nitrogen and oxygen atoms in total. The first-order valence-electron chi connectivity index (χ1n) is 21.3. The molecule has 0 N–H and O–H groups in total. The second kappa shape index (κ2) is 13.9. The van der Waals surface area contributed by atoms with Crippen LogP contribution in [-0.4, -0.2) is 4.57 Å². The second-order valence-corrected chi connectivity index (χ2v) is 17.5.